The van der Waals surface area contributed by atoms with Crippen LogP contribution >= 0.6 is 0 Å². The van der Waals surface area contributed by atoms with Gasteiger partial charge in [0, 0.05) is 10.9 Å². The van der Waals surface area contributed by atoms with Crippen LogP contribution in [0.5, 0.6) is 5.75 Å². The number of alkyl halides is 3. The number of benzene rings is 4. The van der Waals surface area contributed by atoms with Crippen molar-refractivity contribution in [3.05, 3.63) is 112 Å². The van der Waals surface area contributed by atoms with Crippen molar-refractivity contribution >= 4 is 10.8 Å². The van der Waals surface area contributed by atoms with Crippen LogP contribution in [0, 0.1) is 29.1 Å². The molecule has 0 bridgehead atoms. The highest BCUT2D eigenvalue weighted by Gasteiger charge is 2.30. The van der Waals surface area contributed by atoms with Crippen molar-refractivity contribution in [3.8, 4) is 5.75 Å². The number of ether oxygens (including phenoxy) is 1. The van der Waals surface area contributed by atoms with Gasteiger partial charge in [0.25, 0.3) is 0 Å². The summed E-state index contributed by atoms with van der Waals surface area (Å²) in [7, 11) is 0. The Bertz CT molecular complexity index is 1530. The molecule has 0 aliphatic carbocycles. The summed E-state index contributed by atoms with van der Waals surface area (Å²) < 4.78 is 114. The van der Waals surface area contributed by atoms with Gasteiger partial charge in [-0.3, -0.25) is 0 Å². The first-order valence-electron chi connectivity index (χ1n) is 14.8. The molecule has 0 saturated heterocycles. The van der Waals surface area contributed by atoms with E-state index in [1.54, 1.807) is 30.3 Å². The van der Waals surface area contributed by atoms with Crippen molar-refractivity contribution in [1.82, 2.24) is 0 Å². The molecule has 0 heterocycles. The van der Waals surface area contributed by atoms with E-state index in [1.165, 1.54) is 12.1 Å². The molecular formula is C35H34F8O. The Morgan fingerprint density at radius 2 is 1.20 bits per heavy atom. The quantitative estimate of drug-likeness (QED) is 0.100. The van der Waals surface area contributed by atoms with E-state index in [2.05, 4.69) is 11.7 Å². The van der Waals surface area contributed by atoms with Crippen LogP contribution in [0.15, 0.2) is 54.6 Å². The average molecular weight is 623 g/mol. The van der Waals surface area contributed by atoms with E-state index in [4.69, 9.17) is 0 Å². The third-order valence-electron chi connectivity index (χ3n) is 7.65. The molecule has 0 saturated carbocycles. The van der Waals surface area contributed by atoms with Gasteiger partial charge in [-0.15, -0.1) is 0 Å². The Balaban J connectivity index is 1.38. The molecule has 4 rings (SSSR count). The van der Waals surface area contributed by atoms with Gasteiger partial charge in [0.2, 0.25) is 0 Å². The summed E-state index contributed by atoms with van der Waals surface area (Å²) in [5.41, 5.74) is 1.88. The summed E-state index contributed by atoms with van der Waals surface area (Å²) >= 11 is 0. The molecule has 9 heteroatoms. The maximum absolute atomic E-state index is 15.3. The zero-order valence-corrected chi connectivity index (χ0v) is 24.4. The Morgan fingerprint density at radius 3 is 1.86 bits per heavy atom. The van der Waals surface area contributed by atoms with Gasteiger partial charge in [-0.1, -0.05) is 62.9 Å². The van der Waals surface area contributed by atoms with E-state index in [1.807, 2.05) is 0 Å². The number of unbranched alkanes of at least 4 members (excludes halogenated alkanes) is 4. The van der Waals surface area contributed by atoms with Crippen molar-refractivity contribution < 1.29 is 39.9 Å². The molecule has 0 aliphatic heterocycles. The van der Waals surface area contributed by atoms with E-state index in [-0.39, 0.29) is 36.0 Å². The second-order valence-electron chi connectivity index (χ2n) is 11.1. The highest BCUT2D eigenvalue weighted by Crippen LogP contribution is 2.28. The molecule has 0 aromatic heterocycles. The maximum Gasteiger partial charge on any atom is 0.422 e. The number of fused-ring (bicyclic) bond motifs is 1. The molecule has 236 valence electrons. The highest BCUT2D eigenvalue weighted by molar-refractivity contribution is 5.84. The number of rotatable bonds is 14. The standard InChI is InChI=1S/C35H34F8O/c1-2-3-4-5-6-7-23-17-29(36)28(30(37)18-23)15-10-22-9-14-27-26(16-22)13-12-25(33(27)40)11-8-24-19-31(38)34(32(39)20-24)44-21-35(41,42)43/h9,12-14,16-20H,2-8,10-11,15,21H2,1H3. The predicted molar refractivity (Wildman–Crippen MR) is 155 cm³/mol. The van der Waals surface area contributed by atoms with Gasteiger partial charge in [0.1, 0.15) is 17.5 Å². The zero-order valence-electron chi connectivity index (χ0n) is 24.4. The van der Waals surface area contributed by atoms with E-state index in [9.17, 15) is 30.7 Å². The molecule has 0 N–H and O–H groups in total. The third kappa shape index (κ3) is 8.96. The van der Waals surface area contributed by atoms with Crippen LogP contribution in [0.2, 0.25) is 0 Å². The van der Waals surface area contributed by atoms with Crippen molar-refractivity contribution in [1.29, 1.82) is 0 Å². The molecule has 1 nitrogen and oxygen atoms in total. The predicted octanol–water partition coefficient (Wildman–Crippen LogP) is 10.6. The Hall–Kier alpha value is -3.62. The van der Waals surface area contributed by atoms with Crippen LogP contribution in [-0.4, -0.2) is 12.8 Å². The summed E-state index contributed by atoms with van der Waals surface area (Å²) in [5, 5.41) is 0.909. The van der Waals surface area contributed by atoms with Crippen molar-refractivity contribution in [3.63, 3.8) is 0 Å². The summed E-state index contributed by atoms with van der Waals surface area (Å²) in [6.07, 6.45) is 1.82. The topological polar surface area (TPSA) is 9.23 Å². The normalized spacial score (nSPS) is 11.8. The smallest absolute Gasteiger partial charge is 0.422 e. The van der Waals surface area contributed by atoms with Crippen molar-refractivity contribution in [2.45, 2.75) is 77.3 Å². The van der Waals surface area contributed by atoms with Gasteiger partial charge >= 0.3 is 6.18 Å². The average Bonchev–Trinajstić information content (AvgIpc) is 2.95. The van der Waals surface area contributed by atoms with Gasteiger partial charge in [0.15, 0.2) is 24.0 Å². The van der Waals surface area contributed by atoms with Crippen LogP contribution < -0.4 is 4.74 Å². The van der Waals surface area contributed by atoms with Gasteiger partial charge in [0.05, 0.1) is 0 Å². The number of hydrogen-bond acceptors (Lipinski definition) is 1. The van der Waals surface area contributed by atoms with Crippen LogP contribution in [0.25, 0.3) is 10.8 Å². The van der Waals surface area contributed by atoms with Gasteiger partial charge in [-0.2, -0.15) is 13.2 Å². The minimum Gasteiger partial charge on any atom is -0.478 e. The molecule has 4 aromatic carbocycles. The first-order chi connectivity index (χ1) is 20.9. The lowest BCUT2D eigenvalue weighted by Gasteiger charge is -2.12. The maximum atomic E-state index is 15.3. The lowest BCUT2D eigenvalue weighted by molar-refractivity contribution is -0.154. The van der Waals surface area contributed by atoms with E-state index in [0.29, 0.717) is 29.2 Å². The number of aryl methyl sites for hydroxylation is 4. The Labute approximate surface area is 251 Å². The van der Waals surface area contributed by atoms with Gasteiger partial charge in [-0.05, 0) is 90.4 Å². The van der Waals surface area contributed by atoms with Crippen molar-refractivity contribution in [2.75, 3.05) is 6.61 Å². The second-order valence-corrected chi connectivity index (χ2v) is 11.1. The summed E-state index contributed by atoms with van der Waals surface area (Å²) in [4.78, 5) is 0. The molecule has 0 amide bonds. The SMILES string of the molecule is CCCCCCCc1cc(F)c(CCc2ccc3c(F)c(CCc4cc(F)c(OCC(F)(F)F)c(F)c4)ccc3c2)c(F)c1. The minimum absolute atomic E-state index is 0.0224. The van der Waals surface area contributed by atoms with E-state index >= 15 is 4.39 Å². The molecule has 0 atom stereocenters. The van der Waals surface area contributed by atoms with Gasteiger partial charge < -0.3 is 4.74 Å². The van der Waals surface area contributed by atoms with E-state index in [0.717, 1.165) is 49.8 Å². The molecular weight excluding hydrogens is 588 g/mol. The molecule has 4 aromatic rings. The molecule has 0 radical (unpaired) electrons. The molecule has 0 fully saturated rings. The summed E-state index contributed by atoms with van der Waals surface area (Å²) in [6.45, 7) is 0.302. The third-order valence-corrected chi connectivity index (χ3v) is 7.65. The molecule has 0 unspecified atom stereocenters. The van der Waals surface area contributed by atoms with E-state index < -0.39 is 47.6 Å². The lowest BCUT2D eigenvalue weighted by atomic mass is 9.96. The largest absolute Gasteiger partial charge is 0.478 e. The molecule has 0 aliphatic rings. The molecule has 0 spiro atoms. The minimum atomic E-state index is -4.75. The van der Waals surface area contributed by atoms with Gasteiger partial charge in [-0.25, -0.2) is 22.0 Å². The first kappa shape index (κ1) is 33.3. The van der Waals surface area contributed by atoms with Crippen LogP contribution in [0.3, 0.4) is 0 Å². The fraction of sp³-hybridized carbons (Fsp3) is 0.371. The Morgan fingerprint density at radius 1 is 0.591 bits per heavy atom. The second kappa shape index (κ2) is 14.9. The molecule has 44 heavy (non-hydrogen) atoms. The fourth-order valence-electron chi connectivity index (χ4n) is 5.30. The highest BCUT2D eigenvalue weighted by atomic mass is 19.4. The number of halogens is 8. The van der Waals surface area contributed by atoms with Crippen molar-refractivity contribution in [2.24, 2.45) is 0 Å². The van der Waals surface area contributed by atoms with Crippen LogP contribution in [-0.2, 0) is 32.1 Å². The number of hydrogen-bond donors (Lipinski definition) is 0. The summed E-state index contributed by atoms with van der Waals surface area (Å²) in [5.74, 6) is -5.30. The van der Waals surface area contributed by atoms with Crippen LogP contribution in [0.4, 0.5) is 35.1 Å². The lowest BCUT2D eigenvalue weighted by Crippen LogP contribution is -2.20. The first-order valence-corrected chi connectivity index (χ1v) is 14.8. The fourth-order valence-corrected chi connectivity index (χ4v) is 5.30. The summed E-state index contributed by atoms with van der Waals surface area (Å²) in [6, 6.07) is 12.8. The zero-order chi connectivity index (χ0) is 31.9. The monoisotopic (exact) mass is 622 g/mol. The Kier molecular flexibility index (Phi) is 11.3. The van der Waals surface area contributed by atoms with Crippen LogP contribution in [0.1, 0.15) is 66.8 Å².